The molecule has 5 heteroatoms. The van der Waals surface area contributed by atoms with Crippen LogP contribution in [0.5, 0.6) is 11.5 Å². The van der Waals surface area contributed by atoms with Crippen molar-refractivity contribution < 1.29 is 9.53 Å². The zero-order valence-corrected chi connectivity index (χ0v) is 20.6. The Hall–Kier alpha value is -2.37. The third-order valence-corrected chi connectivity index (χ3v) is 6.63. The SMILES string of the molecule is CC1(C)CC(NC(=O)c2ccc(Oc3cccc(CN4CCCCC4)c3)cc2)CC(C)(C)N1. The van der Waals surface area contributed by atoms with Gasteiger partial charge in [-0.25, -0.2) is 0 Å². The quantitative estimate of drug-likeness (QED) is 0.611. The minimum absolute atomic E-state index is 0.0000698. The van der Waals surface area contributed by atoms with Gasteiger partial charge in [0.15, 0.2) is 0 Å². The van der Waals surface area contributed by atoms with Crippen LogP contribution in [-0.2, 0) is 6.54 Å². The highest BCUT2D eigenvalue weighted by Gasteiger charge is 2.38. The lowest BCUT2D eigenvalue weighted by Gasteiger charge is -2.46. The van der Waals surface area contributed by atoms with Crippen LogP contribution in [0.2, 0.25) is 0 Å². The summed E-state index contributed by atoms with van der Waals surface area (Å²) in [7, 11) is 0. The molecule has 0 saturated carbocycles. The molecule has 2 aromatic carbocycles. The van der Waals surface area contributed by atoms with Crippen LogP contribution in [0.3, 0.4) is 0 Å². The van der Waals surface area contributed by atoms with Crippen LogP contribution in [0, 0.1) is 0 Å². The van der Waals surface area contributed by atoms with Crippen LogP contribution in [0.15, 0.2) is 48.5 Å². The second kappa shape index (κ2) is 9.86. The molecule has 1 amide bonds. The Morgan fingerprint density at radius 1 is 0.970 bits per heavy atom. The fourth-order valence-electron chi connectivity index (χ4n) is 5.59. The number of nitrogens with zero attached hydrogens (tertiary/aromatic N) is 1. The van der Waals surface area contributed by atoms with Gasteiger partial charge in [0.2, 0.25) is 0 Å². The van der Waals surface area contributed by atoms with Crippen molar-refractivity contribution in [3.63, 3.8) is 0 Å². The summed E-state index contributed by atoms with van der Waals surface area (Å²) in [4.78, 5) is 15.4. The molecule has 0 unspecified atom stereocenters. The molecule has 0 radical (unpaired) electrons. The highest BCUT2D eigenvalue weighted by Crippen LogP contribution is 2.29. The Morgan fingerprint density at radius 3 is 2.30 bits per heavy atom. The molecule has 0 aromatic heterocycles. The smallest absolute Gasteiger partial charge is 0.251 e. The number of benzene rings is 2. The normalized spacial score (nSPS) is 20.8. The Labute approximate surface area is 198 Å². The monoisotopic (exact) mass is 449 g/mol. The minimum atomic E-state index is -0.0245. The van der Waals surface area contributed by atoms with Crippen LogP contribution < -0.4 is 15.4 Å². The van der Waals surface area contributed by atoms with E-state index in [-0.39, 0.29) is 23.0 Å². The van der Waals surface area contributed by atoms with E-state index in [9.17, 15) is 4.79 Å². The first-order valence-corrected chi connectivity index (χ1v) is 12.4. The molecule has 0 aliphatic carbocycles. The van der Waals surface area contributed by atoms with Crippen molar-refractivity contribution in [3.05, 3.63) is 59.7 Å². The Kier molecular flexibility index (Phi) is 7.10. The van der Waals surface area contributed by atoms with Crippen molar-refractivity contribution in [2.45, 2.75) is 83.5 Å². The summed E-state index contributed by atoms with van der Waals surface area (Å²) in [6.45, 7) is 12.1. The number of carbonyl (C=O) groups excluding carboxylic acids is 1. The van der Waals surface area contributed by atoms with Gasteiger partial charge >= 0.3 is 0 Å². The Balaban J connectivity index is 1.34. The molecule has 4 rings (SSSR count). The molecule has 178 valence electrons. The fourth-order valence-corrected chi connectivity index (χ4v) is 5.59. The number of rotatable bonds is 6. The first kappa shape index (κ1) is 23.8. The van der Waals surface area contributed by atoms with Gasteiger partial charge in [-0.15, -0.1) is 0 Å². The molecular weight excluding hydrogens is 410 g/mol. The number of nitrogens with one attached hydrogen (secondary N) is 2. The van der Waals surface area contributed by atoms with Crippen molar-refractivity contribution in [3.8, 4) is 11.5 Å². The number of carbonyl (C=O) groups is 1. The molecule has 2 aliphatic heterocycles. The summed E-state index contributed by atoms with van der Waals surface area (Å²) in [5, 5.41) is 6.90. The van der Waals surface area contributed by atoms with E-state index in [1.165, 1.54) is 37.9 Å². The molecule has 2 aromatic rings. The van der Waals surface area contributed by atoms with E-state index in [2.05, 4.69) is 61.4 Å². The van der Waals surface area contributed by atoms with E-state index in [0.29, 0.717) is 5.56 Å². The molecular formula is C28H39N3O2. The summed E-state index contributed by atoms with van der Waals surface area (Å²) in [5.74, 6) is 1.55. The molecule has 0 bridgehead atoms. The van der Waals surface area contributed by atoms with Crippen molar-refractivity contribution in [2.75, 3.05) is 13.1 Å². The fraction of sp³-hybridized carbons (Fsp3) is 0.536. The van der Waals surface area contributed by atoms with Gasteiger partial charge < -0.3 is 15.4 Å². The van der Waals surface area contributed by atoms with Crippen molar-refractivity contribution in [2.24, 2.45) is 0 Å². The lowest BCUT2D eigenvalue weighted by atomic mass is 9.79. The van der Waals surface area contributed by atoms with Crippen molar-refractivity contribution in [1.82, 2.24) is 15.5 Å². The summed E-state index contributed by atoms with van der Waals surface area (Å²) < 4.78 is 6.09. The minimum Gasteiger partial charge on any atom is -0.457 e. The topological polar surface area (TPSA) is 53.6 Å². The van der Waals surface area contributed by atoms with Crippen LogP contribution in [0.1, 0.15) is 75.7 Å². The number of piperidine rings is 2. The average molecular weight is 450 g/mol. The van der Waals surface area contributed by atoms with Crippen LogP contribution in [0.4, 0.5) is 0 Å². The molecule has 0 atom stereocenters. The van der Waals surface area contributed by atoms with E-state index in [1.54, 1.807) is 0 Å². The van der Waals surface area contributed by atoms with Gasteiger partial charge in [0.05, 0.1) is 0 Å². The maximum Gasteiger partial charge on any atom is 0.251 e. The third-order valence-electron chi connectivity index (χ3n) is 6.63. The van der Waals surface area contributed by atoms with Gasteiger partial charge in [-0.3, -0.25) is 9.69 Å². The molecule has 33 heavy (non-hydrogen) atoms. The zero-order valence-electron chi connectivity index (χ0n) is 20.6. The van der Waals surface area contributed by atoms with E-state index in [4.69, 9.17) is 4.74 Å². The molecule has 2 saturated heterocycles. The molecule has 5 nitrogen and oxygen atoms in total. The van der Waals surface area contributed by atoms with Crippen molar-refractivity contribution in [1.29, 1.82) is 0 Å². The van der Waals surface area contributed by atoms with Gasteiger partial charge in [0, 0.05) is 29.2 Å². The predicted octanol–water partition coefficient (Wildman–Crippen LogP) is 5.50. The summed E-state index contributed by atoms with van der Waals surface area (Å²) in [6, 6.07) is 15.9. The van der Waals surface area contributed by atoms with E-state index in [0.717, 1.165) is 30.9 Å². The van der Waals surface area contributed by atoms with Gasteiger partial charge in [-0.2, -0.15) is 0 Å². The Bertz CT molecular complexity index is 930. The van der Waals surface area contributed by atoms with Gasteiger partial charge in [0.25, 0.3) is 5.91 Å². The maximum atomic E-state index is 12.9. The largest absolute Gasteiger partial charge is 0.457 e. The van der Waals surface area contributed by atoms with Crippen LogP contribution in [0.25, 0.3) is 0 Å². The zero-order chi connectivity index (χ0) is 23.5. The van der Waals surface area contributed by atoms with Gasteiger partial charge in [-0.1, -0.05) is 18.6 Å². The Morgan fingerprint density at radius 2 is 1.64 bits per heavy atom. The summed E-state index contributed by atoms with van der Waals surface area (Å²) in [5.41, 5.74) is 1.94. The second-order valence-electron chi connectivity index (χ2n) is 11.1. The first-order chi connectivity index (χ1) is 15.7. The average Bonchev–Trinajstić information content (AvgIpc) is 2.73. The number of amides is 1. The lowest BCUT2D eigenvalue weighted by molar-refractivity contribution is 0.0873. The van der Waals surface area contributed by atoms with E-state index >= 15 is 0 Å². The maximum absolute atomic E-state index is 12.9. The number of hydrogen-bond acceptors (Lipinski definition) is 4. The lowest BCUT2D eigenvalue weighted by Crippen LogP contribution is -2.62. The third kappa shape index (κ3) is 6.81. The standard InChI is InChI=1S/C28H39N3O2/c1-27(2)18-23(19-28(3,4)30-27)29-26(32)22-11-13-24(14-12-22)33-25-10-8-9-21(17-25)20-31-15-6-5-7-16-31/h8-14,17,23,30H,5-7,15-16,18-20H2,1-4H3,(H,29,32). The second-order valence-corrected chi connectivity index (χ2v) is 11.1. The highest BCUT2D eigenvalue weighted by molar-refractivity contribution is 5.94. The predicted molar refractivity (Wildman–Crippen MR) is 134 cm³/mol. The van der Waals surface area contributed by atoms with Crippen molar-refractivity contribution >= 4 is 5.91 Å². The number of hydrogen-bond donors (Lipinski definition) is 2. The molecule has 2 N–H and O–H groups in total. The summed E-state index contributed by atoms with van der Waals surface area (Å²) >= 11 is 0. The summed E-state index contributed by atoms with van der Waals surface area (Å²) in [6.07, 6.45) is 5.77. The molecule has 2 aliphatic rings. The number of likely N-dealkylation sites (tertiary alicyclic amines) is 1. The molecule has 2 heterocycles. The first-order valence-electron chi connectivity index (χ1n) is 12.4. The van der Waals surface area contributed by atoms with Gasteiger partial charge in [-0.05, 0) is 108 Å². The van der Waals surface area contributed by atoms with Crippen LogP contribution >= 0.6 is 0 Å². The number of ether oxygens (including phenoxy) is 1. The highest BCUT2D eigenvalue weighted by atomic mass is 16.5. The van der Waals surface area contributed by atoms with E-state index in [1.807, 2.05) is 30.3 Å². The molecule has 2 fully saturated rings. The van der Waals surface area contributed by atoms with Gasteiger partial charge in [0.1, 0.15) is 11.5 Å². The van der Waals surface area contributed by atoms with Crippen LogP contribution in [-0.4, -0.2) is 41.0 Å². The molecule has 0 spiro atoms. The van der Waals surface area contributed by atoms with E-state index < -0.39 is 0 Å².